The van der Waals surface area contributed by atoms with Gasteiger partial charge in [0.25, 0.3) is 0 Å². The molecule has 1 aromatic carbocycles. The number of nitrogen functional groups attached to an aromatic ring is 1. The summed E-state index contributed by atoms with van der Waals surface area (Å²) in [4.78, 5) is 4.96. The fourth-order valence-corrected chi connectivity index (χ4v) is 3.54. The third-order valence-corrected chi connectivity index (χ3v) is 4.42. The molecule has 0 amide bonds. The molecule has 0 aliphatic carbocycles. The maximum absolute atomic E-state index is 11.0. The molecule has 1 aromatic heterocycles. The van der Waals surface area contributed by atoms with Gasteiger partial charge in [0, 0.05) is 10.6 Å². The van der Waals surface area contributed by atoms with Crippen molar-refractivity contribution in [3.05, 3.63) is 30.5 Å². The predicted octanol–water partition coefficient (Wildman–Crippen LogP) is 2.25. The highest BCUT2D eigenvalue weighted by molar-refractivity contribution is 8.01. The van der Waals surface area contributed by atoms with Gasteiger partial charge in [0.15, 0.2) is 5.13 Å². The van der Waals surface area contributed by atoms with Crippen molar-refractivity contribution < 1.29 is 8.42 Å². The average molecular weight is 301 g/mol. The Morgan fingerprint density at radius 3 is 2.50 bits per heavy atom. The fourth-order valence-electron chi connectivity index (χ4n) is 1.24. The van der Waals surface area contributed by atoms with Gasteiger partial charge in [-0.1, -0.05) is 23.1 Å². The Labute approximate surface area is 113 Å². The van der Waals surface area contributed by atoms with Crippen molar-refractivity contribution in [2.75, 3.05) is 16.7 Å². The second-order valence-electron chi connectivity index (χ2n) is 3.52. The van der Waals surface area contributed by atoms with Gasteiger partial charge in [-0.25, -0.2) is 13.4 Å². The maximum atomic E-state index is 11.0. The number of nitrogens with one attached hydrogen (secondary N) is 1. The van der Waals surface area contributed by atoms with Crippen LogP contribution in [0.25, 0.3) is 0 Å². The van der Waals surface area contributed by atoms with Crippen LogP contribution < -0.4 is 10.5 Å². The summed E-state index contributed by atoms with van der Waals surface area (Å²) in [6.07, 6.45) is 2.84. The predicted molar refractivity (Wildman–Crippen MR) is 75.6 cm³/mol. The Morgan fingerprint density at radius 2 is 2.00 bits per heavy atom. The summed E-state index contributed by atoms with van der Waals surface area (Å²) in [7, 11) is -3.23. The van der Waals surface area contributed by atoms with Crippen LogP contribution in [-0.2, 0) is 10.0 Å². The molecule has 0 atom stereocenters. The molecule has 2 aromatic rings. The summed E-state index contributed by atoms with van der Waals surface area (Å²) in [6.45, 7) is 0. The summed E-state index contributed by atoms with van der Waals surface area (Å²) >= 11 is 2.95. The normalized spacial score (nSPS) is 11.4. The van der Waals surface area contributed by atoms with E-state index in [2.05, 4.69) is 9.71 Å². The second kappa shape index (κ2) is 5.17. The molecule has 18 heavy (non-hydrogen) atoms. The first-order valence-corrected chi connectivity index (χ1v) is 8.42. The van der Waals surface area contributed by atoms with Crippen LogP contribution in [0.5, 0.6) is 0 Å². The molecule has 8 heteroatoms. The van der Waals surface area contributed by atoms with Gasteiger partial charge >= 0.3 is 0 Å². The number of benzene rings is 1. The van der Waals surface area contributed by atoms with Gasteiger partial charge in [0.1, 0.15) is 0 Å². The molecule has 0 aliphatic rings. The van der Waals surface area contributed by atoms with Crippen LogP contribution in [0.15, 0.2) is 39.6 Å². The lowest BCUT2D eigenvalue weighted by atomic mass is 10.3. The molecule has 0 saturated carbocycles. The monoisotopic (exact) mass is 301 g/mol. The number of sulfonamides is 1. The lowest BCUT2D eigenvalue weighted by Gasteiger charge is -2.04. The molecule has 0 spiro atoms. The maximum Gasteiger partial charge on any atom is 0.229 e. The minimum Gasteiger partial charge on any atom is -0.375 e. The van der Waals surface area contributed by atoms with Crippen LogP contribution in [0.1, 0.15) is 0 Å². The fraction of sp³-hybridized carbons (Fsp3) is 0.100. The van der Waals surface area contributed by atoms with E-state index in [4.69, 9.17) is 5.73 Å². The Kier molecular flexibility index (Phi) is 3.79. The van der Waals surface area contributed by atoms with Gasteiger partial charge in [-0.05, 0) is 24.3 Å². The molecule has 96 valence electrons. The Morgan fingerprint density at radius 1 is 1.33 bits per heavy atom. The lowest BCUT2D eigenvalue weighted by Crippen LogP contribution is -2.09. The molecule has 0 saturated heterocycles. The average Bonchev–Trinajstić information content (AvgIpc) is 2.65. The molecule has 1 heterocycles. The molecular formula is C10H11N3O2S3. The molecule has 0 fully saturated rings. The number of rotatable bonds is 4. The topological polar surface area (TPSA) is 85.1 Å². The van der Waals surface area contributed by atoms with Gasteiger partial charge in [-0.2, -0.15) is 0 Å². The molecule has 0 aliphatic heterocycles. The zero-order valence-electron chi connectivity index (χ0n) is 9.45. The van der Waals surface area contributed by atoms with Crippen LogP contribution in [0, 0.1) is 0 Å². The number of nitrogens with zero attached hydrogens (tertiary/aromatic N) is 1. The second-order valence-corrected chi connectivity index (χ2v) is 7.70. The van der Waals surface area contributed by atoms with Crippen molar-refractivity contribution in [1.82, 2.24) is 4.98 Å². The molecule has 0 bridgehead atoms. The first-order valence-electron chi connectivity index (χ1n) is 4.89. The molecule has 3 N–H and O–H groups in total. The van der Waals surface area contributed by atoms with Gasteiger partial charge < -0.3 is 5.73 Å². The summed E-state index contributed by atoms with van der Waals surface area (Å²) < 4.78 is 25.5. The minimum atomic E-state index is -3.23. The SMILES string of the molecule is CS(=O)(=O)Nc1ccc(Sc2cnc(N)s2)cc1. The number of hydrogen-bond acceptors (Lipinski definition) is 6. The number of anilines is 2. The highest BCUT2D eigenvalue weighted by Crippen LogP contribution is 2.33. The third-order valence-electron chi connectivity index (χ3n) is 1.88. The summed E-state index contributed by atoms with van der Waals surface area (Å²) in [6, 6.07) is 7.11. The first kappa shape index (κ1) is 13.2. The smallest absolute Gasteiger partial charge is 0.229 e. The van der Waals surface area contributed by atoms with Crippen molar-refractivity contribution in [2.24, 2.45) is 0 Å². The molecule has 2 rings (SSSR count). The molecule has 0 radical (unpaired) electrons. The van der Waals surface area contributed by atoms with E-state index in [9.17, 15) is 8.42 Å². The van der Waals surface area contributed by atoms with Crippen molar-refractivity contribution in [3.8, 4) is 0 Å². The van der Waals surface area contributed by atoms with E-state index < -0.39 is 10.0 Å². The van der Waals surface area contributed by atoms with E-state index in [1.807, 2.05) is 12.1 Å². The zero-order chi connectivity index (χ0) is 13.2. The highest BCUT2D eigenvalue weighted by Gasteiger charge is 2.04. The largest absolute Gasteiger partial charge is 0.375 e. The van der Waals surface area contributed by atoms with E-state index in [1.165, 1.54) is 23.1 Å². The van der Waals surface area contributed by atoms with E-state index in [1.54, 1.807) is 18.3 Å². The van der Waals surface area contributed by atoms with E-state index >= 15 is 0 Å². The van der Waals surface area contributed by atoms with Crippen LogP contribution >= 0.6 is 23.1 Å². The quantitative estimate of drug-likeness (QED) is 0.904. The number of thiazole rings is 1. The van der Waals surface area contributed by atoms with Crippen molar-refractivity contribution in [1.29, 1.82) is 0 Å². The van der Waals surface area contributed by atoms with Crippen LogP contribution in [0.2, 0.25) is 0 Å². The van der Waals surface area contributed by atoms with E-state index in [0.717, 1.165) is 15.4 Å². The Balaban J connectivity index is 2.08. The third kappa shape index (κ3) is 3.90. The molecule has 5 nitrogen and oxygen atoms in total. The van der Waals surface area contributed by atoms with Crippen LogP contribution in [-0.4, -0.2) is 19.7 Å². The van der Waals surface area contributed by atoms with Gasteiger partial charge in [0.05, 0.1) is 16.7 Å². The summed E-state index contributed by atoms with van der Waals surface area (Å²) in [5.41, 5.74) is 6.09. The lowest BCUT2D eigenvalue weighted by molar-refractivity contribution is 0.607. The first-order chi connectivity index (χ1) is 8.42. The Hall–Kier alpha value is -1.25. The van der Waals surface area contributed by atoms with Crippen LogP contribution in [0.3, 0.4) is 0 Å². The minimum absolute atomic E-state index is 0.535. The van der Waals surface area contributed by atoms with E-state index in [0.29, 0.717) is 10.8 Å². The highest BCUT2D eigenvalue weighted by atomic mass is 32.2. The van der Waals surface area contributed by atoms with Gasteiger partial charge in [0.2, 0.25) is 10.0 Å². The summed E-state index contributed by atoms with van der Waals surface area (Å²) in [5, 5.41) is 0.535. The van der Waals surface area contributed by atoms with Gasteiger partial charge in [-0.15, -0.1) is 0 Å². The van der Waals surface area contributed by atoms with Crippen molar-refractivity contribution >= 4 is 43.9 Å². The zero-order valence-corrected chi connectivity index (χ0v) is 11.9. The summed E-state index contributed by atoms with van der Waals surface area (Å²) in [5.74, 6) is 0. The van der Waals surface area contributed by atoms with Gasteiger partial charge in [-0.3, -0.25) is 4.72 Å². The molecule has 0 unspecified atom stereocenters. The van der Waals surface area contributed by atoms with Crippen molar-refractivity contribution in [2.45, 2.75) is 9.10 Å². The Bertz CT molecular complexity index is 635. The van der Waals surface area contributed by atoms with E-state index in [-0.39, 0.29) is 0 Å². The standard InChI is InChI=1S/C10H11N3O2S3/c1-18(14,15)13-7-2-4-8(5-3-7)16-9-6-12-10(11)17-9/h2-6,13H,1H3,(H2,11,12). The van der Waals surface area contributed by atoms with Crippen LogP contribution in [0.4, 0.5) is 10.8 Å². The number of aromatic nitrogens is 1. The number of nitrogens with two attached hydrogens (primary N) is 1. The molecular weight excluding hydrogens is 290 g/mol. The van der Waals surface area contributed by atoms with Crippen molar-refractivity contribution in [3.63, 3.8) is 0 Å². The number of hydrogen-bond donors (Lipinski definition) is 2.